The summed E-state index contributed by atoms with van der Waals surface area (Å²) >= 11 is 0. The SMILES string of the molecule is CCCCCCCCCCCCCCCCCOCOCC(COP(=O)([O-])OCCN(C)CC)OCOCCNCOC(C)c1ccc2cc(OC)ccc2c1. The Morgan fingerprint density at radius 2 is 1.34 bits per heavy atom. The van der Waals surface area contributed by atoms with E-state index in [9.17, 15) is 9.46 Å². The average molecular weight is 812 g/mol. The van der Waals surface area contributed by atoms with Gasteiger partial charge in [-0.3, -0.25) is 9.88 Å². The maximum atomic E-state index is 12.3. The molecule has 0 spiro atoms. The van der Waals surface area contributed by atoms with Gasteiger partial charge in [0.05, 0.1) is 46.4 Å². The summed E-state index contributed by atoms with van der Waals surface area (Å²) in [5, 5.41) is 5.45. The number of nitrogens with one attached hydrogen (secondary N) is 1. The van der Waals surface area contributed by atoms with Gasteiger partial charge in [0.25, 0.3) is 7.82 Å². The lowest BCUT2D eigenvalue weighted by Gasteiger charge is -2.26. The summed E-state index contributed by atoms with van der Waals surface area (Å²) in [7, 11) is -0.959. The molecule has 0 saturated carbocycles. The molecule has 0 amide bonds. The zero-order chi connectivity index (χ0) is 40.5. The quantitative estimate of drug-likeness (QED) is 0.0393. The highest BCUT2D eigenvalue weighted by atomic mass is 31.2. The maximum Gasteiger partial charge on any atom is 0.268 e. The number of hydrogen-bond acceptors (Lipinski definition) is 12. The molecule has 0 aliphatic rings. The van der Waals surface area contributed by atoms with Gasteiger partial charge in [-0.1, -0.05) is 122 Å². The molecule has 3 atom stereocenters. The van der Waals surface area contributed by atoms with E-state index in [2.05, 4.69) is 30.4 Å². The molecule has 0 bridgehead atoms. The summed E-state index contributed by atoms with van der Waals surface area (Å²) < 4.78 is 56.5. The minimum Gasteiger partial charge on any atom is -0.756 e. The predicted octanol–water partition coefficient (Wildman–Crippen LogP) is 9.15. The zero-order valence-corrected chi connectivity index (χ0v) is 36.4. The van der Waals surface area contributed by atoms with Crippen molar-refractivity contribution in [2.24, 2.45) is 0 Å². The Labute approximate surface area is 339 Å². The summed E-state index contributed by atoms with van der Waals surface area (Å²) in [5.74, 6) is 0.832. The number of likely N-dealkylation sites (N-methyl/N-ethyl adjacent to an activating group) is 1. The molecule has 56 heavy (non-hydrogen) atoms. The molecule has 0 aliphatic heterocycles. The zero-order valence-electron chi connectivity index (χ0n) is 35.5. The number of nitrogens with zero attached hydrogens (tertiary/aromatic N) is 1. The van der Waals surface area contributed by atoms with Crippen molar-refractivity contribution in [3.63, 3.8) is 0 Å². The van der Waals surface area contributed by atoms with Crippen LogP contribution in [0.15, 0.2) is 36.4 Å². The standard InChI is InChI=1S/C43H77N2O10P/c1-6-8-9-10-11-12-13-14-15-16-17-18-19-20-21-28-49-36-51-33-43(34-55-56(46,47)54-30-27-45(4)7-2)53-37-50-29-26-44-35-52-38(3)39-22-23-41-32-42(48-5)25-24-40(41)31-39/h22-25,31-32,38,43-44H,6-21,26-30,33-37H2,1-5H3,(H,46,47)/p-1. The summed E-state index contributed by atoms with van der Waals surface area (Å²) in [6.45, 7) is 9.23. The van der Waals surface area contributed by atoms with E-state index in [1.54, 1.807) is 7.11 Å². The number of unbranched alkanes of at least 4 members (excludes halogenated alkanes) is 14. The molecule has 324 valence electrons. The van der Waals surface area contributed by atoms with Gasteiger partial charge in [-0.05, 0) is 61.5 Å². The van der Waals surface area contributed by atoms with E-state index in [4.69, 9.17) is 37.5 Å². The molecule has 1 N–H and O–H groups in total. The van der Waals surface area contributed by atoms with Gasteiger partial charge in [0.1, 0.15) is 25.4 Å². The highest BCUT2D eigenvalue weighted by Gasteiger charge is 2.17. The Morgan fingerprint density at radius 3 is 2.00 bits per heavy atom. The lowest BCUT2D eigenvalue weighted by atomic mass is 10.0. The fourth-order valence-electron chi connectivity index (χ4n) is 6.02. The van der Waals surface area contributed by atoms with Crippen LogP contribution in [-0.2, 0) is 37.3 Å². The van der Waals surface area contributed by atoms with Crippen molar-refractivity contribution in [3.8, 4) is 5.75 Å². The molecule has 0 saturated heterocycles. The van der Waals surface area contributed by atoms with Gasteiger partial charge in [-0.15, -0.1) is 0 Å². The Kier molecular flexibility index (Phi) is 29.9. The van der Waals surface area contributed by atoms with Gasteiger partial charge in [0.2, 0.25) is 0 Å². The predicted molar refractivity (Wildman–Crippen MR) is 223 cm³/mol. The van der Waals surface area contributed by atoms with Gasteiger partial charge < -0.3 is 47.3 Å². The third kappa shape index (κ3) is 25.6. The minimum absolute atomic E-state index is 0.0107. The van der Waals surface area contributed by atoms with E-state index >= 15 is 0 Å². The van der Waals surface area contributed by atoms with Crippen LogP contribution in [-0.4, -0.2) is 98.1 Å². The van der Waals surface area contributed by atoms with E-state index in [1.807, 2.05) is 44.0 Å². The van der Waals surface area contributed by atoms with Crippen LogP contribution in [0.25, 0.3) is 10.8 Å². The van der Waals surface area contributed by atoms with Crippen LogP contribution in [0.2, 0.25) is 0 Å². The van der Waals surface area contributed by atoms with E-state index in [0.717, 1.165) is 41.5 Å². The third-order valence-corrected chi connectivity index (χ3v) is 10.8. The van der Waals surface area contributed by atoms with Crippen LogP contribution < -0.4 is 14.9 Å². The molecule has 0 heterocycles. The first-order valence-corrected chi connectivity index (χ1v) is 22.8. The van der Waals surface area contributed by atoms with Crippen molar-refractivity contribution in [1.29, 1.82) is 0 Å². The van der Waals surface area contributed by atoms with Crippen molar-refractivity contribution < 1.29 is 46.9 Å². The molecule has 12 nitrogen and oxygen atoms in total. The molecule has 0 radical (unpaired) electrons. The topological polar surface area (TPSA) is 129 Å². The number of ether oxygens (including phenoxy) is 6. The summed E-state index contributed by atoms with van der Waals surface area (Å²) in [5.41, 5.74) is 1.08. The Hall–Kier alpha value is -1.67. The van der Waals surface area contributed by atoms with Crippen molar-refractivity contribution >= 4 is 18.6 Å². The van der Waals surface area contributed by atoms with Gasteiger partial charge in [-0.2, -0.15) is 0 Å². The molecular weight excluding hydrogens is 735 g/mol. The van der Waals surface area contributed by atoms with E-state index in [1.165, 1.54) is 83.5 Å². The normalized spacial score (nSPS) is 14.1. The lowest BCUT2D eigenvalue weighted by molar-refractivity contribution is -0.230. The highest BCUT2D eigenvalue weighted by Crippen LogP contribution is 2.38. The number of phosphoric ester groups is 1. The lowest BCUT2D eigenvalue weighted by Crippen LogP contribution is -2.29. The largest absolute Gasteiger partial charge is 0.756 e. The van der Waals surface area contributed by atoms with Gasteiger partial charge in [-0.25, -0.2) is 0 Å². The van der Waals surface area contributed by atoms with Crippen molar-refractivity contribution in [3.05, 3.63) is 42.0 Å². The summed E-state index contributed by atoms with van der Waals surface area (Å²) in [4.78, 5) is 14.3. The number of rotatable bonds is 39. The monoisotopic (exact) mass is 812 g/mol. The molecule has 0 aliphatic carbocycles. The van der Waals surface area contributed by atoms with Gasteiger partial charge in [0.15, 0.2) is 0 Å². The van der Waals surface area contributed by atoms with E-state index in [-0.39, 0.29) is 39.5 Å². The molecule has 2 rings (SSSR count). The second kappa shape index (κ2) is 33.2. The first-order chi connectivity index (χ1) is 27.3. The number of hydrogen-bond donors (Lipinski definition) is 1. The second-order valence-electron chi connectivity index (χ2n) is 14.6. The number of phosphoric acid groups is 1. The number of fused-ring (bicyclic) bond motifs is 1. The number of benzene rings is 2. The molecule has 2 aromatic carbocycles. The third-order valence-electron chi connectivity index (χ3n) is 9.83. The molecule has 3 unspecified atom stereocenters. The minimum atomic E-state index is -4.51. The fourth-order valence-corrected chi connectivity index (χ4v) is 6.75. The average Bonchev–Trinajstić information content (AvgIpc) is 3.20. The van der Waals surface area contributed by atoms with Crippen molar-refractivity contribution in [1.82, 2.24) is 10.2 Å². The first-order valence-electron chi connectivity index (χ1n) is 21.3. The fraction of sp³-hybridized carbons (Fsp3) is 0.767. The first kappa shape index (κ1) is 50.5. The van der Waals surface area contributed by atoms with E-state index < -0.39 is 13.9 Å². The molecule has 0 fully saturated rings. The molecular formula is C43H76N2O10P-. The van der Waals surface area contributed by atoms with Gasteiger partial charge >= 0.3 is 0 Å². The Balaban J connectivity index is 1.57. The summed E-state index contributed by atoms with van der Waals surface area (Å²) in [6, 6.07) is 12.3. The molecule has 0 aromatic heterocycles. The second-order valence-corrected chi connectivity index (χ2v) is 16.0. The molecule has 13 heteroatoms. The van der Waals surface area contributed by atoms with Crippen LogP contribution in [0.1, 0.15) is 129 Å². The van der Waals surface area contributed by atoms with Crippen molar-refractivity contribution in [2.75, 3.05) is 87.1 Å². The van der Waals surface area contributed by atoms with Crippen LogP contribution in [0.5, 0.6) is 5.75 Å². The maximum absolute atomic E-state index is 12.3. The van der Waals surface area contributed by atoms with Crippen LogP contribution in [0, 0.1) is 0 Å². The smallest absolute Gasteiger partial charge is 0.268 e. The Morgan fingerprint density at radius 1 is 0.714 bits per heavy atom. The van der Waals surface area contributed by atoms with Crippen molar-refractivity contribution in [2.45, 2.75) is 129 Å². The summed E-state index contributed by atoms with van der Waals surface area (Å²) in [6.07, 6.45) is 19.0. The van der Waals surface area contributed by atoms with E-state index in [0.29, 0.717) is 33.0 Å². The van der Waals surface area contributed by atoms with Gasteiger partial charge in [0, 0.05) is 19.7 Å². The number of methoxy groups -OCH3 is 1. The molecule has 2 aromatic rings. The van der Waals surface area contributed by atoms with Crippen LogP contribution in [0.3, 0.4) is 0 Å². The Bertz CT molecular complexity index is 1270. The highest BCUT2D eigenvalue weighted by molar-refractivity contribution is 7.45. The van der Waals surface area contributed by atoms with Crippen LogP contribution >= 0.6 is 7.82 Å². The van der Waals surface area contributed by atoms with Crippen LogP contribution in [0.4, 0.5) is 0 Å².